The standard InChI is InChI=1S/C27H19F3N4O5S/c1-38-22-9-6-17(27(33-22)39-2)14-10-18-19(13-32-26(18)31-12-14)25(35)23-20(29)7-8-21(24(23)30)34-40(36,37)16-5-3-4-15(28)11-16/h3-13,34H,1-2H3,(H,31,32). The van der Waals surface area contributed by atoms with Crippen molar-refractivity contribution in [3.05, 3.63) is 95.6 Å². The van der Waals surface area contributed by atoms with Gasteiger partial charge >= 0.3 is 0 Å². The Bertz CT molecular complexity index is 1890. The number of fused-ring (bicyclic) bond motifs is 1. The van der Waals surface area contributed by atoms with Crippen LogP contribution in [0.1, 0.15) is 15.9 Å². The second-order valence-electron chi connectivity index (χ2n) is 8.41. The first-order valence-electron chi connectivity index (χ1n) is 11.5. The van der Waals surface area contributed by atoms with Gasteiger partial charge < -0.3 is 14.5 Å². The second-order valence-corrected chi connectivity index (χ2v) is 10.1. The molecule has 0 bridgehead atoms. The number of rotatable bonds is 8. The van der Waals surface area contributed by atoms with Gasteiger partial charge in [-0.3, -0.25) is 9.52 Å². The van der Waals surface area contributed by atoms with E-state index in [0.717, 1.165) is 36.4 Å². The minimum atomic E-state index is -4.46. The van der Waals surface area contributed by atoms with Gasteiger partial charge in [0.15, 0.2) is 5.82 Å². The van der Waals surface area contributed by atoms with Crippen molar-refractivity contribution in [1.29, 1.82) is 0 Å². The molecule has 0 aliphatic carbocycles. The van der Waals surface area contributed by atoms with Gasteiger partial charge in [0.1, 0.15) is 17.3 Å². The van der Waals surface area contributed by atoms with Crippen molar-refractivity contribution in [2.24, 2.45) is 0 Å². The number of halogens is 3. The maximum absolute atomic E-state index is 15.5. The fourth-order valence-corrected chi connectivity index (χ4v) is 5.15. The normalized spacial score (nSPS) is 11.4. The number of ketones is 1. The monoisotopic (exact) mass is 568 g/mol. The number of hydrogen-bond acceptors (Lipinski definition) is 7. The summed E-state index contributed by atoms with van der Waals surface area (Å²) in [5, 5.41) is 0.241. The molecule has 0 aliphatic heterocycles. The van der Waals surface area contributed by atoms with E-state index in [1.165, 1.54) is 26.6 Å². The summed E-state index contributed by atoms with van der Waals surface area (Å²) in [6, 6.07) is 10.5. The molecule has 9 nitrogen and oxygen atoms in total. The van der Waals surface area contributed by atoms with Gasteiger partial charge in [-0.25, -0.2) is 26.6 Å². The van der Waals surface area contributed by atoms with E-state index in [1.807, 2.05) is 4.72 Å². The molecule has 0 atom stereocenters. The number of H-pyrrole nitrogens is 1. The number of pyridine rings is 2. The van der Waals surface area contributed by atoms with E-state index in [9.17, 15) is 22.0 Å². The summed E-state index contributed by atoms with van der Waals surface area (Å²) in [7, 11) is -1.59. The molecule has 204 valence electrons. The van der Waals surface area contributed by atoms with Gasteiger partial charge in [0.2, 0.25) is 17.5 Å². The van der Waals surface area contributed by atoms with Gasteiger partial charge in [0.25, 0.3) is 10.0 Å². The number of carbonyl (C=O) groups is 1. The molecule has 0 amide bonds. The van der Waals surface area contributed by atoms with Gasteiger partial charge in [0, 0.05) is 40.5 Å². The third-order valence-electron chi connectivity index (χ3n) is 5.99. The average molecular weight is 569 g/mol. The molecule has 0 aliphatic rings. The largest absolute Gasteiger partial charge is 0.481 e. The third-order valence-corrected chi connectivity index (χ3v) is 7.36. The summed E-state index contributed by atoms with van der Waals surface area (Å²) in [6.45, 7) is 0. The lowest BCUT2D eigenvalue weighted by molar-refractivity contribution is 0.103. The van der Waals surface area contributed by atoms with E-state index in [2.05, 4.69) is 15.0 Å². The Labute approximate surface area is 225 Å². The molecule has 3 aromatic heterocycles. The van der Waals surface area contributed by atoms with Crippen LogP contribution in [0.15, 0.2) is 71.9 Å². The molecular weight excluding hydrogens is 549 g/mol. The van der Waals surface area contributed by atoms with E-state index in [4.69, 9.17) is 9.47 Å². The molecule has 13 heteroatoms. The van der Waals surface area contributed by atoms with E-state index >= 15 is 4.39 Å². The minimum Gasteiger partial charge on any atom is -0.481 e. The molecular formula is C27H19F3N4O5S. The van der Waals surface area contributed by atoms with Crippen LogP contribution in [0.4, 0.5) is 18.9 Å². The van der Waals surface area contributed by atoms with Crippen LogP contribution in [0.2, 0.25) is 0 Å². The smallest absolute Gasteiger partial charge is 0.262 e. The third kappa shape index (κ3) is 4.82. The Morgan fingerprint density at radius 2 is 1.80 bits per heavy atom. The van der Waals surface area contributed by atoms with Crippen molar-refractivity contribution in [1.82, 2.24) is 15.0 Å². The number of nitrogens with one attached hydrogen (secondary N) is 2. The van der Waals surface area contributed by atoms with Gasteiger partial charge in [-0.05, 0) is 42.5 Å². The summed E-state index contributed by atoms with van der Waals surface area (Å²) < 4.78 is 81.6. The number of methoxy groups -OCH3 is 2. The fraction of sp³-hybridized carbons (Fsp3) is 0.0741. The van der Waals surface area contributed by atoms with Gasteiger partial charge in [0.05, 0.1) is 30.4 Å². The van der Waals surface area contributed by atoms with Crippen molar-refractivity contribution in [2.75, 3.05) is 18.9 Å². The number of benzene rings is 2. The Kier molecular flexibility index (Phi) is 6.90. The Morgan fingerprint density at radius 3 is 2.52 bits per heavy atom. The number of aromatic amines is 1. The van der Waals surface area contributed by atoms with Crippen LogP contribution in [0, 0.1) is 17.5 Å². The number of carbonyl (C=O) groups excluding carboxylic acids is 1. The van der Waals surface area contributed by atoms with Crippen LogP contribution in [-0.2, 0) is 10.0 Å². The zero-order valence-corrected chi connectivity index (χ0v) is 21.6. The number of ether oxygens (including phenoxy) is 2. The van der Waals surface area contributed by atoms with Crippen LogP contribution in [0.25, 0.3) is 22.2 Å². The van der Waals surface area contributed by atoms with Crippen LogP contribution < -0.4 is 14.2 Å². The maximum atomic E-state index is 15.5. The Morgan fingerprint density at radius 1 is 1.00 bits per heavy atom. The second kappa shape index (κ2) is 10.3. The molecule has 0 saturated heterocycles. The molecule has 2 aromatic carbocycles. The van der Waals surface area contributed by atoms with Crippen LogP contribution in [0.3, 0.4) is 0 Å². The van der Waals surface area contributed by atoms with Crippen LogP contribution in [0.5, 0.6) is 11.8 Å². The topological polar surface area (TPSA) is 123 Å². The van der Waals surface area contributed by atoms with Crippen LogP contribution >= 0.6 is 0 Å². The van der Waals surface area contributed by atoms with Gasteiger partial charge in [-0.1, -0.05) is 6.07 Å². The number of hydrogen-bond donors (Lipinski definition) is 2. The van der Waals surface area contributed by atoms with E-state index in [1.54, 1.807) is 18.2 Å². The van der Waals surface area contributed by atoms with Crippen molar-refractivity contribution in [2.45, 2.75) is 4.90 Å². The van der Waals surface area contributed by atoms with Gasteiger partial charge in [-0.15, -0.1) is 0 Å². The lowest BCUT2D eigenvalue weighted by Crippen LogP contribution is -2.16. The molecule has 5 aromatic rings. The predicted molar refractivity (Wildman–Crippen MR) is 139 cm³/mol. The molecule has 5 rings (SSSR count). The highest BCUT2D eigenvalue weighted by atomic mass is 32.2. The molecule has 0 radical (unpaired) electrons. The Balaban J connectivity index is 1.56. The predicted octanol–water partition coefficient (Wildman–Crippen LogP) is 5.09. The highest BCUT2D eigenvalue weighted by Gasteiger charge is 2.27. The molecule has 40 heavy (non-hydrogen) atoms. The quantitative estimate of drug-likeness (QED) is 0.250. The SMILES string of the molecule is COc1ccc(-c2cnc3[nH]cc(C(=O)c4c(F)ccc(NS(=O)(=O)c5cccc(F)c5)c4F)c3c2)c(OC)n1. The fourth-order valence-electron chi connectivity index (χ4n) is 4.06. The lowest BCUT2D eigenvalue weighted by Gasteiger charge is -2.12. The first kappa shape index (κ1) is 26.7. The molecule has 3 heterocycles. The Hall–Kier alpha value is -4.91. The molecule has 0 unspecified atom stereocenters. The summed E-state index contributed by atoms with van der Waals surface area (Å²) in [4.78, 5) is 24.3. The van der Waals surface area contributed by atoms with Crippen LogP contribution in [-0.4, -0.2) is 43.4 Å². The van der Waals surface area contributed by atoms with Crippen molar-refractivity contribution in [3.63, 3.8) is 0 Å². The number of nitrogens with zero attached hydrogens (tertiary/aromatic N) is 2. The first-order chi connectivity index (χ1) is 19.1. The first-order valence-corrected chi connectivity index (χ1v) is 13.0. The molecule has 0 saturated carbocycles. The van der Waals surface area contributed by atoms with Crippen molar-refractivity contribution >= 4 is 32.5 Å². The average Bonchev–Trinajstić information content (AvgIpc) is 3.37. The highest BCUT2D eigenvalue weighted by molar-refractivity contribution is 7.92. The number of aromatic nitrogens is 3. The number of sulfonamides is 1. The summed E-state index contributed by atoms with van der Waals surface area (Å²) in [5.74, 6) is -4.01. The van der Waals surface area contributed by atoms with Crippen molar-refractivity contribution in [3.8, 4) is 22.9 Å². The molecule has 2 N–H and O–H groups in total. The van der Waals surface area contributed by atoms with Gasteiger partial charge in [-0.2, -0.15) is 4.98 Å². The van der Waals surface area contributed by atoms with E-state index in [0.29, 0.717) is 17.0 Å². The van der Waals surface area contributed by atoms with E-state index in [-0.39, 0.29) is 22.5 Å². The molecule has 0 fully saturated rings. The lowest BCUT2D eigenvalue weighted by atomic mass is 10.00. The summed E-state index contributed by atoms with van der Waals surface area (Å²) in [5.41, 5.74) is -0.533. The maximum Gasteiger partial charge on any atom is 0.262 e. The summed E-state index contributed by atoms with van der Waals surface area (Å²) >= 11 is 0. The zero-order valence-electron chi connectivity index (χ0n) is 20.8. The highest BCUT2D eigenvalue weighted by Crippen LogP contribution is 2.33. The van der Waals surface area contributed by atoms with Crippen molar-refractivity contribution < 1.29 is 35.9 Å². The zero-order chi connectivity index (χ0) is 28.6. The van der Waals surface area contributed by atoms with E-state index < -0.39 is 49.4 Å². The number of anilines is 1. The molecule has 0 spiro atoms. The minimum absolute atomic E-state index is 0.118. The summed E-state index contributed by atoms with van der Waals surface area (Å²) in [6.07, 6.45) is 2.75.